The van der Waals surface area contributed by atoms with E-state index in [4.69, 9.17) is 51.1 Å². The fraction of sp³-hybridized carbons (Fsp3) is 0.386. The van der Waals surface area contributed by atoms with Gasteiger partial charge in [0.05, 0.1) is 88.2 Å². The molecule has 0 radical (unpaired) electrons. The second kappa shape index (κ2) is 40.4. The molecular formula is C83H93N29O10. The molecule has 0 spiro atoms. The van der Waals surface area contributed by atoms with Gasteiger partial charge in [0.1, 0.15) is 11.3 Å². The number of hydrogen-bond acceptors (Lipinski definition) is 18. The number of aliphatic hydroxyl groups is 3. The van der Waals surface area contributed by atoms with E-state index in [-0.39, 0.29) is 74.8 Å². The highest BCUT2D eigenvalue weighted by atomic mass is 16.3. The summed E-state index contributed by atoms with van der Waals surface area (Å²) >= 11 is 0. The molecule has 630 valence electrons. The van der Waals surface area contributed by atoms with E-state index in [1.165, 1.54) is 75.0 Å². The highest BCUT2D eigenvalue weighted by molar-refractivity contribution is 5.73. The van der Waals surface area contributed by atoms with Crippen LogP contribution in [0.4, 0.5) is 39.8 Å². The van der Waals surface area contributed by atoms with Gasteiger partial charge in [-0.2, -0.15) is 19.2 Å². The lowest BCUT2D eigenvalue weighted by Gasteiger charge is -2.18. The van der Waals surface area contributed by atoms with Crippen molar-refractivity contribution in [1.29, 1.82) is 0 Å². The molecular weight excluding hydrogens is 1560 g/mol. The van der Waals surface area contributed by atoms with E-state index in [0.717, 1.165) is 73.4 Å². The minimum absolute atomic E-state index is 0.0625. The second-order valence-corrected chi connectivity index (χ2v) is 28.6. The summed E-state index contributed by atoms with van der Waals surface area (Å²) in [6.45, 7) is 75.9. The van der Waals surface area contributed by atoms with Gasteiger partial charge in [-0.1, -0.05) is 61.0 Å². The van der Waals surface area contributed by atoms with Crippen LogP contribution in [-0.2, 0) is 77.5 Å². The van der Waals surface area contributed by atoms with Crippen molar-refractivity contribution in [3.8, 4) is 0 Å². The number of H-pyrrole nitrogens is 5. The third-order valence-corrected chi connectivity index (χ3v) is 20.1. The summed E-state index contributed by atoms with van der Waals surface area (Å²) < 4.78 is 13.3. The topological polar surface area (TPSA) is 424 Å². The molecule has 15 heterocycles. The summed E-state index contributed by atoms with van der Waals surface area (Å²) in [7, 11) is 4.00. The van der Waals surface area contributed by atoms with Crippen LogP contribution in [0.15, 0.2) is 89.6 Å². The van der Waals surface area contributed by atoms with Gasteiger partial charge in [-0.3, -0.25) is 33.6 Å². The molecule has 1 aliphatic heterocycles. The molecule has 14 aromatic rings. The molecule has 1 atom stereocenters. The van der Waals surface area contributed by atoms with E-state index in [0.29, 0.717) is 165 Å². The highest BCUT2D eigenvalue weighted by Crippen LogP contribution is 2.29. The number of rotatable bonds is 18. The minimum Gasteiger partial charge on any atom is -0.396 e. The molecule has 15 rings (SSSR count). The normalized spacial score (nSPS) is 11.5. The van der Waals surface area contributed by atoms with E-state index in [1.807, 2.05) is 67.1 Å². The summed E-state index contributed by atoms with van der Waals surface area (Å²) in [6.07, 6.45) is 19.2. The maximum absolute atomic E-state index is 12.4. The fourth-order valence-electron chi connectivity index (χ4n) is 14.1. The molecule has 1 unspecified atom stereocenters. The van der Waals surface area contributed by atoms with Crippen LogP contribution in [0.1, 0.15) is 160 Å². The Hall–Kier alpha value is -15.1. The average Bonchev–Trinajstić information content (AvgIpc) is 1.61. The second-order valence-electron chi connectivity index (χ2n) is 28.6. The third-order valence-electron chi connectivity index (χ3n) is 20.1. The largest absolute Gasteiger partial charge is 0.396 e. The smallest absolute Gasteiger partial charge is 0.276 e. The molecule has 0 aliphatic carbocycles. The van der Waals surface area contributed by atoms with Crippen molar-refractivity contribution in [2.75, 3.05) is 27.2 Å². The van der Waals surface area contributed by atoms with Gasteiger partial charge >= 0.3 is 0 Å². The molecule has 0 bridgehead atoms. The average molecular weight is 1660 g/mol. The SMILES string of the molecule is [C-]#[N+]c1c[nH]n2c(=O)c(CC(C)C)c(C)nc12.[C-]#[N+]c1c[nH]n2c(=O)c(CC)c(C(C)O)nc12.[C-]#[N+]c1c[nH]n2c(=O)c(CC)c(CCCO)nc12.[C-]#[N+]c1c[nH]n2c(=O)c(CC=C)c(C)nc12.[C-]#[N+]c1c[nH]n2c(=O)c(CCC)c(CO)nc12.[C-]#[N+]c1cnn2c(=O)c(CC)c(C)n(CCN(C)C)c12.[C-]#[N+]c1cnn2c(=O)c(CC)c3n(c12)CCC3. The molecule has 1 aliphatic rings. The van der Waals surface area contributed by atoms with Crippen molar-refractivity contribution >= 4 is 79.3 Å². The molecule has 39 nitrogen and oxygen atoms in total. The molecule has 0 amide bonds. The number of likely N-dealkylation sites (N-methyl/N-ethyl adjacent to an activating group) is 1. The van der Waals surface area contributed by atoms with Crippen molar-refractivity contribution in [1.82, 2.24) is 106 Å². The summed E-state index contributed by atoms with van der Waals surface area (Å²) in [6, 6.07) is 0. The lowest BCUT2D eigenvalue weighted by atomic mass is 10.0. The van der Waals surface area contributed by atoms with Crippen LogP contribution in [0.3, 0.4) is 0 Å². The molecule has 0 fully saturated rings. The summed E-state index contributed by atoms with van der Waals surface area (Å²) in [4.78, 5) is 132. The number of hydrogen-bond donors (Lipinski definition) is 8. The van der Waals surface area contributed by atoms with Crippen molar-refractivity contribution in [2.24, 2.45) is 5.92 Å². The first-order chi connectivity index (χ1) is 58.5. The van der Waals surface area contributed by atoms with E-state index in [9.17, 15) is 43.8 Å². The maximum atomic E-state index is 12.4. The maximum Gasteiger partial charge on any atom is 0.276 e. The standard InChI is InChI=1S/C14H19N5O.C12H14N4O2.C12H12N4O.C12H14N4O.2C11H12N4O2.C11H10N4O/c1-6-11-10(2)18(8-7-17(4)5)13-12(15-3)9-16-19(13)14(11)20;1-3-8-9(5-4-6-17)15-11-10(13-2)7-14-16(11)12(8)18;1-3-8-10-5-4-6-15(10)11-9(13-2)7-14-16(11)12(8)17;1-7(2)5-9-8(3)15-11-10(13-4)6-14-16(11)12(9)17;1-4-7-9(6(2)16)14-10-8(12-3)5-13-15(10)11(7)17;1-3-4-7-9(6-16)14-10-8(12-2)5-13-15(10)11(7)17;1-4-5-8-7(2)14-10-9(12-3)6-13-15(10)11(8)16/h9H,6-8H2,1-2,4-5H3;7,14,17H,3-6H2,1H3;7H,3-6H2,1H3;6-7,14H,5H2,1-3H3;5-6,13,16H,4H2,1-2H3;5,13,16H,3-4,6H2,1H3;4,6,13H,1,5H2,2H3. The monoisotopic (exact) mass is 1660 g/mol. The van der Waals surface area contributed by atoms with Gasteiger partial charge in [0.25, 0.3) is 38.9 Å². The van der Waals surface area contributed by atoms with Crippen LogP contribution >= 0.6 is 0 Å². The number of aryl methyl sites for hydroxylation is 4. The Morgan fingerprint density at radius 3 is 1.34 bits per heavy atom. The summed E-state index contributed by atoms with van der Waals surface area (Å²) in [5.41, 5.74) is 13.6. The highest BCUT2D eigenvalue weighted by Gasteiger charge is 2.25. The van der Waals surface area contributed by atoms with Crippen molar-refractivity contribution < 1.29 is 15.3 Å². The number of nitrogens with one attached hydrogen (secondary N) is 5. The summed E-state index contributed by atoms with van der Waals surface area (Å²) in [5.74, 6) is 0.400. The van der Waals surface area contributed by atoms with Crippen LogP contribution in [-0.4, -0.2) is 149 Å². The lowest BCUT2D eigenvalue weighted by Crippen LogP contribution is -2.28. The first kappa shape index (κ1) is 90.9. The summed E-state index contributed by atoms with van der Waals surface area (Å²) in [5, 5.41) is 49.5. The number of aromatic amines is 5. The van der Waals surface area contributed by atoms with Gasteiger partial charge in [-0.25, -0.2) is 81.4 Å². The Bertz CT molecular complexity index is 7080. The lowest BCUT2D eigenvalue weighted by molar-refractivity contribution is 0.193. The van der Waals surface area contributed by atoms with Gasteiger partial charge in [0.15, 0.2) is 28.2 Å². The van der Waals surface area contributed by atoms with Crippen LogP contribution in [0, 0.1) is 72.7 Å². The van der Waals surface area contributed by atoms with Crippen molar-refractivity contribution in [2.45, 2.75) is 179 Å². The van der Waals surface area contributed by atoms with Crippen LogP contribution < -0.4 is 38.9 Å². The fourth-order valence-corrected chi connectivity index (χ4v) is 14.1. The molecule has 0 aromatic carbocycles. The molecule has 14 aromatic heterocycles. The molecule has 0 saturated carbocycles. The minimum atomic E-state index is -0.823. The predicted octanol–water partition coefficient (Wildman–Crippen LogP) is 9.99. The van der Waals surface area contributed by atoms with E-state index in [1.54, 1.807) is 19.9 Å². The molecule has 122 heavy (non-hydrogen) atoms. The predicted molar refractivity (Wildman–Crippen MR) is 459 cm³/mol. The molecule has 39 heteroatoms. The first-order valence-corrected chi connectivity index (χ1v) is 39.1. The number of allylic oxidation sites excluding steroid dienone is 1. The zero-order valence-electron chi connectivity index (χ0n) is 69.9. The van der Waals surface area contributed by atoms with E-state index in [2.05, 4.69) is 124 Å². The van der Waals surface area contributed by atoms with Gasteiger partial charge < -0.3 is 54.8 Å². The van der Waals surface area contributed by atoms with Crippen molar-refractivity contribution in [3.05, 3.63) is 287 Å². The quantitative estimate of drug-likeness (QED) is 0.0292. The van der Waals surface area contributed by atoms with Crippen LogP contribution in [0.2, 0.25) is 0 Å². The Labute approximate surface area is 697 Å². The Kier molecular flexibility index (Phi) is 30.1. The van der Waals surface area contributed by atoms with Gasteiger partial charge in [0, 0.05) is 119 Å². The van der Waals surface area contributed by atoms with Gasteiger partial charge in [-0.15, -0.1) is 6.58 Å². The number of nitrogens with zero attached hydrogens (tertiary/aromatic N) is 24. The van der Waals surface area contributed by atoms with Gasteiger partial charge in [0.2, 0.25) is 39.8 Å². The zero-order valence-corrected chi connectivity index (χ0v) is 69.9. The zero-order chi connectivity index (χ0) is 89.2. The van der Waals surface area contributed by atoms with Crippen LogP contribution in [0.25, 0.3) is 73.4 Å². The molecule has 8 N–H and O–H groups in total. The number of aromatic nitrogens is 21. The third kappa shape index (κ3) is 18.3. The Balaban J connectivity index is 0.000000162. The van der Waals surface area contributed by atoms with Crippen LogP contribution in [0.5, 0.6) is 0 Å². The Morgan fingerprint density at radius 2 is 0.918 bits per heavy atom. The van der Waals surface area contributed by atoms with E-state index >= 15 is 0 Å². The molecule has 0 saturated heterocycles. The number of aliphatic hydroxyl groups excluding tert-OH is 3. The first-order valence-electron chi connectivity index (χ1n) is 39.1. The number of fused-ring (bicyclic) bond motifs is 9. The van der Waals surface area contributed by atoms with Crippen molar-refractivity contribution in [3.63, 3.8) is 0 Å². The van der Waals surface area contributed by atoms with Gasteiger partial charge in [-0.05, 0) is 118 Å². The Morgan fingerprint density at radius 1 is 0.508 bits per heavy atom. The van der Waals surface area contributed by atoms with E-state index < -0.39 is 6.10 Å².